The van der Waals surface area contributed by atoms with Crippen molar-refractivity contribution in [3.8, 4) is 11.4 Å². The third-order valence-electron chi connectivity index (χ3n) is 3.40. The SMILES string of the molecule is CC(Sc1nnnn1-c1ccc(O)cc1)C(=O)Nc1cccc(Cl)c1Cl. The zero-order valence-corrected chi connectivity index (χ0v) is 15.8. The number of anilines is 1. The van der Waals surface area contributed by atoms with Crippen LogP contribution in [0.4, 0.5) is 5.69 Å². The summed E-state index contributed by atoms with van der Waals surface area (Å²) in [4.78, 5) is 12.5. The summed E-state index contributed by atoms with van der Waals surface area (Å²) in [5.41, 5.74) is 1.11. The van der Waals surface area contributed by atoms with E-state index in [0.29, 0.717) is 21.6 Å². The molecule has 7 nitrogen and oxygen atoms in total. The zero-order valence-electron chi connectivity index (χ0n) is 13.4. The summed E-state index contributed by atoms with van der Waals surface area (Å²) in [5.74, 6) is -0.124. The minimum atomic E-state index is -0.494. The molecule has 3 rings (SSSR count). The lowest BCUT2D eigenvalue weighted by Gasteiger charge is -2.13. The number of carbonyl (C=O) groups is 1. The molecule has 0 bridgehead atoms. The zero-order chi connectivity index (χ0) is 18.7. The van der Waals surface area contributed by atoms with Gasteiger partial charge in [0, 0.05) is 0 Å². The van der Waals surface area contributed by atoms with E-state index in [4.69, 9.17) is 23.2 Å². The van der Waals surface area contributed by atoms with E-state index in [1.54, 1.807) is 37.3 Å². The highest BCUT2D eigenvalue weighted by atomic mass is 35.5. The first-order valence-corrected chi connectivity index (χ1v) is 9.08. The molecule has 10 heteroatoms. The Morgan fingerprint density at radius 3 is 2.69 bits per heavy atom. The monoisotopic (exact) mass is 409 g/mol. The number of phenolic OH excluding ortho intramolecular Hbond substituents is 1. The highest BCUT2D eigenvalue weighted by Gasteiger charge is 2.20. The number of amides is 1. The molecule has 1 atom stereocenters. The van der Waals surface area contributed by atoms with Crippen LogP contribution in [0.2, 0.25) is 10.0 Å². The molecule has 134 valence electrons. The van der Waals surface area contributed by atoms with Gasteiger partial charge in [-0.1, -0.05) is 41.0 Å². The van der Waals surface area contributed by atoms with E-state index in [9.17, 15) is 9.90 Å². The quantitative estimate of drug-likeness (QED) is 0.622. The summed E-state index contributed by atoms with van der Waals surface area (Å²) >= 11 is 13.2. The van der Waals surface area contributed by atoms with Gasteiger partial charge in [0.25, 0.3) is 0 Å². The van der Waals surface area contributed by atoms with Gasteiger partial charge in [0.15, 0.2) is 0 Å². The summed E-state index contributed by atoms with van der Waals surface area (Å²) < 4.78 is 1.49. The van der Waals surface area contributed by atoms with Gasteiger partial charge in [-0.2, -0.15) is 4.68 Å². The van der Waals surface area contributed by atoms with Gasteiger partial charge in [0.05, 0.1) is 26.7 Å². The number of hydrogen-bond donors (Lipinski definition) is 2. The van der Waals surface area contributed by atoms with Gasteiger partial charge in [-0.15, -0.1) is 5.10 Å². The highest BCUT2D eigenvalue weighted by Crippen LogP contribution is 2.31. The van der Waals surface area contributed by atoms with E-state index in [1.165, 1.54) is 28.6 Å². The van der Waals surface area contributed by atoms with Gasteiger partial charge in [0.2, 0.25) is 11.1 Å². The topological polar surface area (TPSA) is 92.9 Å². The summed E-state index contributed by atoms with van der Waals surface area (Å²) in [6.45, 7) is 1.73. The van der Waals surface area contributed by atoms with Gasteiger partial charge in [0.1, 0.15) is 5.75 Å². The van der Waals surface area contributed by atoms with Gasteiger partial charge < -0.3 is 10.4 Å². The van der Waals surface area contributed by atoms with Crippen LogP contribution in [0.5, 0.6) is 5.75 Å². The van der Waals surface area contributed by atoms with Crippen molar-refractivity contribution in [1.29, 1.82) is 0 Å². The van der Waals surface area contributed by atoms with Crippen LogP contribution in [0.3, 0.4) is 0 Å². The normalized spacial score (nSPS) is 12.0. The molecule has 1 amide bonds. The number of tetrazole rings is 1. The van der Waals surface area contributed by atoms with Crippen molar-refractivity contribution in [2.24, 2.45) is 0 Å². The maximum atomic E-state index is 12.5. The van der Waals surface area contributed by atoms with Crippen LogP contribution in [0.1, 0.15) is 6.92 Å². The molecule has 0 fully saturated rings. The lowest BCUT2D eigenvalue weighted by molar-refractivity contribution is -0.115. The number of nitrogens with one attached hydrogen (secondary N) is 1. The Morgan fingerprint density at radius 2 is 1.96 bits per heavy atom. The molecule has 1 heterocycles. The number of halogens is 2. The van der Waals surface area contributed by atoms with Crippen molar-refractivity contribution in [1.82, 2.24) is 20.2 Å². The summed E-state index contributed by atoms with van der Waals surface area (Å²) in [5, 5.41) is 24.2. The molecule has 0 aliphatic rings. The molecule has 0 aliphatic carbocycles. The highest BCUT2D eigenvalue weighted by molar-refractivity contribution is 8.00. The second-order valence-electron chi connectivity index (χ2n) is 5.24. The lowest BCUT2D eigenvalue weighted by Crippen LogP contribution is -2.23. The van der Waals surface area contributed by atoms with Crippen molar-refractivity contribution in [3.05, 3.63) is 52.5 Å². The van der Waals surface area contributed by atoms with E-state index >= 15 is 0 Å². The number of nitrogens with zero attached hydrogens (tertiary/aromatic N) is 4. The molecule has 0 saturated carbocycles. The van der Waals surface area contributed by atoms with Crippen LogP contribution in [-0.2, 0) is 4.79 Å². The molecule has 0 radical (unpaired) electrons. The number of thioether (sulfide) groups is 1. The summed E-state index contributed by atoms with van der Waals surface area (Å²) in [6, 6.07) is 11.4. The number of carbonyl (C=O) groups excluding carboxylic acids is 1. The Balaban J connectivity index is 1.73. The van der Waals surface area contributed by atoms with Crippen LogP contribution in [-0.4, -0.2) is 36.5 Å². The third kappa shape index (κ3) is 4.09. The van der Waals surface area contributed by atoms with Gasteiger partial charge in [-0.05, 0) is 53.7 Å². The maximum Gasteiger partial charge on any atom is 0.237 e. The van der Waals surface area contributed by atoms with Crippen molar-refractivity contribution < 1.29 is 9.90 Å². The average Bonchev–Trinajstić information content (AvgIpc) is 3.07. The van der Waals surface area contributed by atoms with E-state index in [0.717, 1.165) is 0 Å². The largest absolute Gasteiger partial charge is 0.508 e. The number of hydrogen-bond acceptors (Lipinski definition) is 6. The number of benzene rings is 2. The Kier molecular flexibility index (Phi) is 5.65. The molecule has 1 aromatic heterocycles. The molecular formula is C16H13Cl2N5O2S. The fraction of sp³-hybridized carbons (Fsp3) is 0.125. The summed E-state index contributed by atoms with van der Waals surface area (Å²) in [7, 11) is 0. The summed E-state index contributed by atoms with van der Waals surface area (Å²) in [6.07, 6.45) is 0. The number of phenols is 1. The maximum absolute atomic E-state index is 12.5. The Bertz CT molecular complexity index is 933. The third-order valence-corrected chi connectivity index (χ3v) is 5.25. The Labute approximate surface area is 163 Å². The minimum Gasteiger partial charge on any atom is -0.508 e. The molecule has 26 heavy (non-hydrogen) atoms. The first-order chi connectivity index (χ1) is 12.5. The fourth-order valence-electron chi connectivity index (χ4n) is 2.05. The van der Waals surface area contributed by atoms with Crippen LogP contribution in [0.15, 0.2) is 47.6 Å². The predicted octanol–water partition coefficient (Wildman–Crippen LogP) is 3.79. The van der Waals surface area contributed by atoms with Crippen LogP contribution in [0, 0.1) is 0 Å². The van der Waals surface area contributed by atoms with Crippen molar-refractivity contribution in [3.63, 3.8) is 0 Å². The predicted molar refractivity (Wildman–Crippen MR) is 101 cm³/mol. The molecule has 1 unspecified atom stereocenters. The van der Waals surface area contributed by atoms with Gasteiger partial charge in [-0.25, -0.2) is 0 Å². The molecule has 3 aromatic rings. The molecule has 0 spiro atoms. The molecule has 2 aromatic carbocycles. The first-order valence-electron chi connectivity index (χ1n) is 7.45. The van der Waals surface area contributed by atoms with Crippen molar-refractivity contribution in [2.45, 2.75) is 17.3 Å². The Hall–Kier alpha value is -2.29. The average molecular weight is 410 g/mol. The minimum absolute atomic E-state index is 0.141. The van der Waals surface area contributed by atoms with Crippen LogP contribution in [0.25, 0.3) is 5.69 Å². The van der Waals surface area contributed by atoms with E-state index in [1.807, 2.05) is 0 Å². The molecule has 2 N–H and O–H groups in total. The van der Waals surface area contributed by atoms with Crippen LogP contribution >= 0.6 is 35.0 Å². The molecular weight excluding hydrogens is 397 g/mol. The van der Waals surface area contributed by atoms with Gasteiger partial charge in [-0.3, -0.25) is 4.79 Å². The second kappa shape index (κ2) is 7.94. The molecule has 0 aliphatic heterocycles. The number of aromatic nitrogens is 4. The number of aromatic hydroxyl groups is 1. The van der Waals surface area contributed by atoms with Crippen LogP contribution < -0.4 is 5.32 Å². The number of rotatable bonds is 5. The standard InChI is InChI=1S/C16H13Cl2N5O2S/c1-9(15(25)19-13-4-2-3-12(17)14(13)18)26-16-20-21-22-23(16)10-5-7-11(24)8-6-10/h2-9,24H,1H3,(H,19,25). The lowest BCUT2D eigenvalue weighted by atomic mass is 10.3. The van der Waals surface area contributed by atoms with E-state index in [-0.39, 0.29) is 16.7 Å². The first kappa shape index (κ1) is 18.5. The Morgan fingerprint density at radius 1 is 1.23 bits per heavy atom. The fourth-order valence-corrected chi connectivity index (χ4v) is 3.21. The van der Waals surface area contributed by atoms with Crippen molar-refractivity contribution >= 4 is 46.6 Å². The van der Waals surface area contributed by atoms with Crippen molar-refractivity contribution in [2.75, 3.05) is 5.32 Å². The van der Waals surface area contributed by atoms with E-state index in [2.05, 4.69) is 20.8 Å². The van der Waals surface area contributed by atoms with E-state index < -0.39 is 5.25 Å². The smallest absolute Gasteiger partial charge is 0.237 e. The molecule has 0 saturated heterocycles. The second-order valence-corrected chi connectivity index (χ2v) is 7.33. The van der Waals surface area contributed by atoms with Gasteiger partial charge >= 0.3 is 0 Å².